The van der Waals surface area contributed by atoms with Gasteiger partial charge in [-0.05, 0) is 30.7 Å². The number of benzene rings is 2. The Bertz CT molecular complexity index is 916. The summed E-state index contributed by atoms with van der Waals surface area (Å²) in [6, 6.07) is 13.0. The van der Waals surface area contributed by atoms with E-state index in [1.165, 1.54) is 31.5 Å². The van der Waals surface area contributed by atoms with Crippen LogP contribution in [-0.2, 0) is 4.79 Å². The number of carbonyl (C=O) groups is 1. The Morgan fingerprint density at radius 3 is 2.69 bits per heavy atom. The Balaban J connectivity index is 2.18. The molecule has 0 fully saturated rings. The van der Waals surface area contributed by atoms with Crippen molar-refractivity contribution in [1.29, 1.82) is 5.26 Å². The maximum absolute atomic E-state index is 12.2. The van der Waals surface area contributed by atoms with E-state index < -0.39 is 10.8 Å². The molecule has 8 heteroatoms. The molecule has 8 nitrogen and oxygen atoms in total. The topological polar surface area (TPSA) is 117 Å². The average molecular weight is 352 g/mol. The zero-order valence-corrected chi connectivity index (χ0v) is 14.1. The van der Waals surface area contributed by atoms with Gasteiger partial charge in [0.15, 0.2) is 0 Å². The Kier molecular flexibility index (Phi) is 5.90. The fourth-order valence-corrected chi connectivity index (χ4v) is 2.13. The average Bonchev–Trinajstić information content (AvgIpc) is 2.62. The summed E-state index contributed by atoms with van der Waals surface area (Å²) < 4.78 is 5.09. The smallest absolute Gasteiger partial charge is 0.273 e. The Morgan fingerprint density at radius 1 is 1.31 bits per heavy atom. The van der Waals surface area contributed by atoms with Crippen LogP contribution in [0.1, 0.15) is 5.56 Å². The second-order valence-electron chi connectivity index (χ2n) is 5.28. The lowest BCUT2D eigenvalue weighted by molar-refractivity contribution is -0.384. The van der Waals surface area contributed by atoms with Crippen molar-refractivity contribution < 1.29 is 14.5 Å². The van der Waals surface area contributed by atoms with Gasteiger partial charge in [-0.25, -0.2) is 0 Å². The first-order valence-electron chi connectivity index (χ1n) is 7.52. The molecule has 2 rings (SSSR count). The number of hydrogen-bond donors (Lipinski definition) is 2. The van der Waals surface area contributed by atoms with Gasteiger partial charge in [0.25, 0.3) is 11.6 Å². The number of non-ortho nitro benzene ring substituents is 1. The summed E-state index contributed by atoms with van der Waals surface area (Å²) in [5.74, 6) is -0.363. The highest BCUT2D eigenvalue weighted by atomic mass is 16.6. The molecular formula is C18H16N4O4. The van der Waals surface area contributed by atoms with E-state index in [-0.39, 0.29) is 17.0 Å². The first kappa shape index (κ1) is 18.5. The zero-order chi connectivity index (χ0) is 19.1. The molecule has 2 N–H and O–H groups in total. The van der Waals surface area contributed by atoms with Crippen LogP contribution in [0.15, 0.2) is 54.2 Å². The number of nitro groups is 1. The van der Waals surface area contributed by atoms with Gasteiger partial charge in [0.2, 0.25) is 0 Å². The van der Waals surface area contributed by atoms with Crippen molar-refractivity contribution in [2.75, 3.05) is 17.7 Å². The van der Waals surface area contributed by atoms with Crippen LogP contribution in [0.4, 0.5) is 17.1 Å². The molecule has 0 bridgehead atoms. The summed E-state index contributed by atoms with van der Waals surface area (Å²) in [5.41, 5.74) is 1.64. The van der Waals surface area contributed by atoms with Crippen molar-refractivity contribution in [2.24, 2.45) is 0 Å². The molecule has 0 aliphatic heterocycles. The molecule has 1 amide bonds. The van der Waals surface area contributed by atoms with Crippen LogP contribution in [0, 0.1) is 28.4 Å². The van der Waals surface area contributed by atoms with Gasteiger partial charge in [-0.1, -0.05) is 12.1 Å². The predicted molar refractivity (Wildman–Crippen MR) is 96.8 cm³/mol. The highest BCUT2D eigenvalue weighted by molar-refractivity contribution is 6.06. The largest absolute Gasteiger partial charge is 0.494 e. The number of methoxy groups -OCH3 is 1. The highest BCUT2D eigenvalue weighted by Gasteiger charge is 2.13. The zero-order valence-electron chi connectivity index (χ0n) is 14.1. The molecule has 0 saturated carbocycles. The van der Waals surface area contributed by atoms with Crippen molar-refractivity contribution in [1.82, 2.24) is 0 Å². The molecule has 2 aromatic carbocycles. The molecule has 0 atom stereocenters. The van der Waals surface area contributed by atoms with Gasteiger partial charge < -0.3 is 15.4 Å². The molecule has 0 aliphatic rings. The van der Waals surface area contributed by atoms with E-state index in [0.29, 0.717) is 11.4 Å². The molecule has 2 aromatic rings. The van der Waals surface area contributed by atoms with Crippen LogP contribution >= 0.6 is 0 Å². The first-order valence-corrected chi connectivity index (χ1v) is 7.52. The summed E-state index contributed by atoms with van der Waals surface area (Å²) in [4.78, 5) is 22.5. The summed E-state index contributed by atoms with van der Waals surface area (Å²) in [6.07, 6.45) is 1.22. The number of amides is 1. The molecule has 0 unspecified atom stereocenters. The van der Waals surface area contributed by atoms with E-state index in [1.54, 1.807) is 18.2 Å². The van der Waals surface area contributed by atoms with E-state index in [4.69, 9.17) is 4.74 Å². The SMILES string of the molecule is COc1cc([N+](=O)[O-])ccc1N/C=C(/C#N)C(=O)Nc1cccc(C)c1. The number of nitrogens with zero attached hydrogens (tertiary/aromatic N) is 2. The van der Waals surface area contributed by atoms with Crippen LogP contribution in [0.2, 0.25) is 0 Å². The minimum absolute atomic E-state index is 0.130. The lowest BCUT2D eigenvalue weighted by atomic mass is 10.2. The van der Waals surface area contributed by atoms with E-state index in [0.717, 1.165) is 5.56 Å². The lowest BCUT2D eigenvalue weighted by Gasteiger charge is -2.09. The summed E-state index contributed by atoms with van der Waals surface area (Å²) >= 11 is 0. The second kappa shape index (κ2) is 8.30. The molecule has 132 valence electrons. The van der Waals surface area contributed by atoms with Crippen molar-refractivity contribution in [3.63, 3.8) is 0 Å². The number of rotatable bonds is 6. The van der Waals surface area contributed by atoms with Crippen molar-refractivity contribution in [3.05, 3.63) is 69.9 Å². The molecule has 0 spiro atoms. The summed E-state index contributed by atoms with van der Waals surface area (Å²) in [6.45, 7) is 1.89. The van der Waals surface area contributed by atoms with Gasteiger partial charge in [-0.2, -0.15) is 5.26 Å². The normalized spacial score (nSPS) is 10.6. The third-order valence-corrected chi connectivity index (χ3v) is 3.41. The molecular weight excluding hydrogens is 336 g/mol. The van der Waals surface area contributed by atoms with E-state index >= 15 is 0 Å². The van der Waals surface area contributed by atoms with E-state index in [1.807, 2.05) is 19.1 Å². The highest BCUT2D eigenvalue weighted by Crippen LogP contribution is 2.29. The maximum atomic E-state index is 12.2. The number of anilines is 2. The fourth-order valence-electron chi connectivity index (χ4n) is 2.13. The lowest BCUT2D eigenvalue weighted by Crippen LogP contribution is -2.14. The van der Waals surface area contributed by atoms with Gasteiger partial charge >= 0.3 is 0 Å². The van der Waals surface area contributed by atoms with Crippen LogP contribution in [0.5, 0.6) is 5.75 Å². The van der Waals surface area contributed by atoms with E-state index in [9.17, 15) is 20.2 Å². The van der Waals surface area contributed by atoms with Crippen molar-refractivity contribution in [2.45, 2.75) is 6.92 Å². The van der Waals surface area contributed by atoms with Gasteiger partial charge in [-0.3, -0.25) is 14.9 Å². The van der Waals surface area contributed by atoms with Gasteiger partial charge in [0.05, 0.1) is 23.8 Å². The number of nitro benzene ring substituents is 1. The Labute approximate surface area is 149 Å². The molecule has 0 saturated heterocycles. The Hall–Kier alpha value is -3.86. The minimum atomic E-state index is -0.577. The molecule has 0 aliphatic carbocycles. The number of nitriles is 1. The third kappa shape index (κ3) is 4.58. The van der Waals surface area contributed by atoms with Crippen LogP contribution in [0.25, 0.3) is 0 Å². The standard InChI is InChI=1S/C18H16N4O4/c1-12-4-3-5-14(8-12)21-18(23)13(10-19)11-20-16-7-6-15(22(24)25)9-17(16)26-2/h3-9,11,20H,1-2H3,(H,21,23)/b13-11-. The quantitative estimate of drug-likeness (QED) is 0.356. The number of ether oxygens (including phenoxy) is 1. The monoisotopic (exact) mass is 352 g/mol. The second-order valence-corrected chi connectivity index (χ2v) is 5.28. The summed E-state index contributed by atoms with van der Waals surface area (Å²) in [5, 5.41) is 25.4. The molecule has 0 aromatic heterocycles. The predicted octanol–water partition coefficient (Wildman–Crippen LogP) is 3.37. The van der Waals surface area contributed by atoms with Crippen LogP contribution < -0.4 is 15.4 Å². The Morgan fingerprint density at radius 2 is 2.08 bits per heavy atom. The number of carbonyl (C=O) groups excluding carboxylic acids is 1. The minimum Gasteiger partial charge on any atom is -0.494 e. The summed E-state index contributed by atoms with van der Waals surface area (Å²) in [7, 11) is 1.36. The van der Waals surface area contributed by atoms with Crippen LogP contribution in [-0.4, -0.2) is 17.9 Å². The molecule has 0 heterocycles. The van der Waals surface area contributed by atoms with E-state index in [2.05, 4.69) is 10.6 Å². The molecule has 0 radical (unpaired) electrons. The number of aryl methyl sites for hydroxylation is 1. The maximum Gasteiger partial charge on any atom is 0.273 e. The van der Waals surface area contributed by atoms with Gasteiger partial charge in [-0.15, -0.1) is 0 Å². The van der Waals surface area contributed by atoms with Gasteiger partial charge in [0.1, 0.15) is 17.4 Å². The molecule has 26 heavy (non-hydrogen) atoms. The number of nitrogens with one attached hydrogen (secondary N) is 2. The number of hydrogen-bond acceptors (Lipinski definition) is 6. The van der Waals surface area contributed by atoms with Gasteiger partial charge in [0, 0.05) is 18.0 Å². The van der Waals surface area contributed by atoms with Crippen molar-refractivity contribution in [3.8, 4) is 11.8 Å². The van der Waals surface area contributed by atoms with Crippen LogP contribution in [0.3, 0.4) is 0 Å². The fraction of sp³-hybridized carbons (Fsp3) is 0.111. The third-order valence-electron chi connectivity index (χ3n) is 3.41. The van der Waals surface area contributed by atoms with Crippen molar-refractivity contribution >= 4 is 23.0 Å². The first-order chi connectivity index (χ1) is 12.4.